The van der Waals surface area contributed by atoms with Gasteiger partial charge in [0.25, 0.3) is 0 Å². The number of fused-ring (bicyclic) bond motifs is 1. The highest BCUT2D eigenvalue weighted by atomic mass is 15.2. The molecular weight excluding hydrogens is 244 g/mol. The molecule has 2 heteroatoms. The number of hydrogen-bond acceptors (Lipinski definition) is 2. The number of nitrogens with one attached hydrogen (secondary N) is 1. The van der Waals surface area contributed by atoms with Crippen molar-refractivity contribution in [2.45, 2.75) is 25.4 Å². The van der Waals surface area contributed by atoms with Crippen LogP contribution in [-0.4, -0.2) is 30.6 Å². The van der Waals surface area contributed by atoms with E-state index in [2.05, 4.69) is 52.7 Å². The van der Waals surface area contributed by atoms with Crippen LogP contribution < -0.4 is 5.32 Å². The van der Waals surface area contributed by atoms with Crippen molar-refractivity contribution in [1.29, 1.82) is 0 Å². The van der Waals surface area contributed by atoms with Crippen LogP contribution in [0.15, 0.2) is 42.5 Å². The zero-order valence-electron chi connectivity index (χ0n) is 11.9. The molecule has 0 radical (unpaired) electrons. The second kappa shape index (κ2) is 5.19. The SMILES string of the molecule is c1ccc2cc(CN(CC3CNC3)C3CC3)ccc2c1. The Balaban J connectivity index is 1.51. The summed E-state index contributed by atoms with van der Waals surface area (Å²) in [5.41, 5.74) is 1.46. The molecule has 1 heterocycles. The Hall–Kier alpha value is -1.38. The molecule has 0 aromatic heterocycles. The minimum absolute atomic E-state index is 0.849. The van der Waals surface area contributed by atoms with E-state index in [1.165, 1.54) is 48.8 Å². The molecule has 0 spiro atoms. The zero-order chi connectivity index (χ0) is 13.4. The van der Waals surface area contributed by atoms with Gasteiger partial charge in [0, 0.05) is 32.2 Å². The maximum absolute atomic E-state index is 3.39. The summed E-state index contributed by atoms with van der Waals surface area (Å²) in [5.74, 6) is 0.871. The molecule has 2 nitrogen and oxygen atoms in total. The van der Waals surface area contributed by atoms with E-state index in [1.807, 2.05) is 0 Å². The Morgan fingerprint density at radius 2 is 1.80 bits per heavy atom. The summed E-state index contributed by atoms with van der Waals surface area (Å²) < 4.78 is 0. The highest BCUT2D eigenvalue weighted by molar-refractivity contribution is 5.82. The first-order valence-electron chi connectivity index (χ1n) is 7.81. The van der Waals surface area contributed by atoms with E-state index >= 15 is 0 Å². The van der Waals surface area contributed by atoms with Crippen molar-refractivity contribution in [1.82, 2.24) is 10.2 Å². The molecule has 2 fully saturated rings. The van der Waals surface area contributed by atoms with Gasteiger partial charge in [-0.2, -0.15) is 0 Å². The Kier molecular flexibility index (Phi) is 3.21. The lowest BCUT2D eigenvalue weighted by atomic mass is 10.0. The summed E-state index contributed by atoms with van der Waals surface area (Å²) in [5, 5.41) is 6.10. The monoisotopic (exact) mass is 266 g/mol. The zero-order valence-corrected chi connectivity index (χ0v) is 11.9. The molecule has 1 aliphatic carbocycles. The first kappa shape index (κ1) is 12.4. The Morgan fingerprint density at radius 3 is 2.50 bits per heavy atom. The van der Waals surface area contributed by atoms with Gasteiger partial charge in [0.2, 0.25) is 0 Å². The van der Waals surface area contributed by atoms with Gasteiger partial charge in [0.1, 0.15) is 0 Å². The molecule has 104 valence electrons. The third kappa shape index (κ3) is 2.58. The van der Waals surface area contributed by atoms with Crippen molar-refractivity contribution < 1.29 is 0 Å². The van der Waals surface area contributed by atoms with Gasteiger partial charge in [-0.15, -0.1) is 0 Å². The van der Waals surface area contributed by atoms with Crippen LogP contribution in [0.4, 0.5) is 0 Å². The third-order valence-corrected chi connectivity index (χ3v) is 4.62. The minimum atomic E-state index is 0.849. The van der Waals surface area contributed by atoms with Crippen molar-refractivity contribution in [3.05, 3.63) is 48.0 Å². The molecular formula is C18H22N2. The fraction of sp³-hybridized carbons (Fsp3) is 0.444. The van der Waals surface area contributed by atoms with Gasteiger partial charge in [-0.25, -0.2) is 0 Å². The van der Waals surface area contributed by atoms with Crippen LogP contribution in [0.5, 0.6) is 0 Å². The van der Waals surface area contributed by atoms with E-state index in [4.69, 9.17) is 0 Å². The molecule has 2 aromatic rings. The van der Waals surface area contributed by atoms with E-state index in [-0.39, 0.29) is 0 Å². The molecule has 0 atom stereocenters. The van der Waals surface area contributed by atoms with Gasteiger partial charge in [-0.1, -0.05) is 36.4 Å². The number of hydrogen-bond donors (Lipinski definition) is 1. The van der Waals surface area contributed by atoms with Crippen molar-refractivity contribution in [3.63, 3.8) is 0 Å². The van der Waals surface area contributed by atoms with E-state index in [9.17, 15) is 0 Å². The summed E-state index contributed by atoms with van der Waals surface area (Å²) in [6.45, 7) is 4.80. The van der Waals surface area contributed by atoms with Crippen molar-refractivity contribution in [2.75, 3.05) is 19.6 Å². The summed E-state index contributed by atoms with van der Waals surface area (Å²) in [4.78, 5) is 2.70. The molecule has 4 rings (SSSR count). The van der Waals surface area contributed by atoms with Crippen LogP contribution in [0, 0.1) is 5.92 Å². The predicted octanol–water partition coefficient (Wildman–Crippen LogP) is 3.02. The molecule has 1 saturated heterocycles. The average Bonchev–Trinajstić information content (AvgIpc) is 3.26. The normalized spacial score (nSPS) is 19.4. The molecule has 2 aliphatic rings. The standard InChI is InChI=1S/C18H22N2/c1-2-4-17-9-14(5-6-16(17)3-1)12-20(18-7-8-18)13-15-10-19-11-15/h1-6,9,15,18-19H,7-8,10-13H2. The Labute approximate surface area is 120 Å². The van der Waals surface area contributed by atoms with Crippen molar-refractivity contribution >= 4 is 10.8 Å². The van der Waals surface area contributed by atoms with Crippen LogP contribution in [-0.2, 0) is 6.54 Å². The van der Waals surface area contributed by atoms with E-state index < -0.39 is 0 Å². The smallest absolute Gasteiger partial charge is 0.0237 e. The number of rotatable bonds is 5. The van der Waals surface area contributed by atoms with Gasteiger partial charge >= 0.3 is 0 Å². The van der Waals surface area contributed by atoms with Crippen LogP contribution in [0.1, 0.15) is 18.4 Å². The topological polar surface area (TPSA) is 15.3 Å². The average molecular weight is 266 g/mol. The van der Waals surface area contributed by atoms with E-state index in [1.54, 1.807) is 0 Å². The second-order valence-corrected chi connectivity index (χ2v) is 6.37. The second-order valence-electron chi connectivity index (χ2n) is 6.37. The minimum Gasteiger partial charge on any atom is -0.316 e. The van der Waals surface area contributed by atoms with Crippen LogP contribution in [0.25, 0.3) is 10.8 Å². The van der Waals surface area contributed by atoms with Gasteiger partial charge in [-0.3, -0.25) is 4.90 Å². The van der Waals surface area contributed by atoms with Crippen molar-refractivity contribution in [3.8, 4) is 0 Å². The Bertz CT molecular complexity index is 599. The first-order valence-corrected chi connectivity index (χ1v) is 7.81. The van der Waals surface area contributed by atoms with Crippen LogP contribution in [0.2, 0.25) is 0 Å². The van der Waals surface area contributed by atoms with E-state index in [0.717, 1.165) is 18.5 Å². The van der Waals surface area contributed by atoms with Crippen LogP contribution >= 0.6 is 0 Å². The Morgan fingerprint density at radius 1 is 1.00 bits per heavy atom. The first-order chi connectivity index (χ1) is 9.88. The molecule has 1 N–H and O–H groups in total. The highest BCUT2D eigenvalue weighted by Crippen LogP contribution is 2.30. The summed E-state index contributed by atoms with van der Waals surface area (Å²) in [6.07, 6.45) is 2.79. The molecule has 0 amide bonds. The number of nitrogens with zero attached hydrogens (tertiary/aromatic N) is 1. The molecule has 2 aromatic carbocycles. The molecule has 20 heavy (non-hydrogen) atoms. The summed E-state index contributed by atoms with van der Waals surface area (Å²) in [6, 6.07) is 16.4. The lowest BCUT2D eigenvalue weighted by Crippen LogP contribution is -2.48. The van der Waals surface area contributed by atoms with Crippen molar-refractivity contribution in [2.24, 2.45) is 5.92 Å². The predicted molar refractivity (Wildman–Crippen MR) is 83.7 cm³/mol. The summed E-state index contributed by atoms with van der Waals surface area (Å²) >= 11 is 0. The van der Waals surface area contributed by atoms with Gasteiger partial charge in [0.05, 0.1) is 0 Å². The maximum Gasteiger partial charge on any atom is 0.0237 e. The molecule has 0 unspecified atom stereocenters. The van der Waals surface area contributed by atoms with Crippen LogP contribution in [0.3, 0.4) is 0 Å². The molecule has 1 saturated carbocycles. The fourth-order valence-corrected chi connectivity index (χ4v) is 3.16. The van der Waals surface area contributed by atoms with E-state index in [0.29, 0.717) is 0 Å². The maximum atomic E-state index is 3.39. The van der Waals surface area contributed by atoms with Gasteiger partial charge in [0.15, 0.2) is 0 Å². The quantitative estimate of drug-likeness (QED) is 0.895. The fourth-order valence-electron chi connectivity index (χ4n) is 3.16. The third-order valence-electron chi connectivity index (χ3n) is 4.62. The molecule has 0 bridgehead atoms. The van der Waals surface area contributed by atoms with Gasteiger partial charge < -0.3 is 5.32 Å². The number of benzene rings is 2. The van der Waals surface area contributed by atoms with Gasteiger partial charge in [-0.05, 0) is 41.2 Å². The largest absolute Gasteiger partial charge is 0.316 e. The summed E-state index contributed by atoms with van der Waals surface area (Å²) in [7, 11) is 0. The lowest BCUT2D eigenvalue weighted by molar-refractivity contribution is 0.178. The lowest BCUT2D eigenvalue weighted by Gasteiger charge is -2.33. The highest BCUT2D eigenvalue weighted by Gasteiger charge is 2.31. The molecule has 1 aliphatic heterocycles.